The molecule has 104 valence electrons. The molecule has 2 rings (SSSR count). The second kappa shape index (κ2) is 5.64. The zero-order valence-corrected chi connectivity index (χ0v) is 10.2. The molecule has 6 heteroatoms. The molecule has 0 atom stereocenters. The first kappa shape index (κ1) is 13.9. The average Bonchev–Trinajstić information content (AvgIpc) is 2.39. The number of ether oxygens (including phenoxy) is 1. The lowest BCUT2D eigenvalue weighted by atomic mass is 10.2. The highest BCUT2D eigenvalue weighted by Gasteiger charge is 2.31. The van der Waals surface area contributed by atoms with Crippen LogP contribution in [0.1, 0.15) is 5.56 Å². The Balaban J connectivity index is 2.16. The fourth-order valence-corrected chi connectivity index (χ4v) is 1.54. The van der Waals surface area contributed by atoms with Crippen LogP contribution in [0.4, 0.5) is 18.9 Å². The first-order valence-corrected chi connectivity index (χ1v) is 5.66. The van der Waals surface area contributed by atoms with E-state index in [1.54, 1.807) is 24.3 Å². The zero-order valence-electron chi connectivity index (χ0n) is 10.2. The second-order valence-corrected chi connectivity index (χ2v) is 3.91. The maximum Gasteiger partial charge on any atom is 0.573 e. The number of halogens is 3. The Kier molecular flexibility index (Phi) is 3.93. The van der Waals surface area contributed by atoms with E-state index in [0.29, 0.717) is 10.3 Å². The molecule has 0 heterocycles. The summed E-state index contributed by atoms with van der Waals surface area (Å²) in [5.74, 6) is -0.366. The summed E-state index contributed by atoms with van der Waals surface area (Å²) in [6.45, 7) is 0. The normalized spacial score (nSPS) is 12.2. The van der Waals surface area contributed by atoms with Crippen molar-refractivity contribution in [2.45, 2.75) is 6.36 Å². The molecule has 20 heavy (non-hydrogen) atoms. The largest absolute Gasteiger partial charge is 0.618 e. The molecule has 2 aromatic rings. The van der Waals surface area contributed by atoms with Gasteiger partial charge in [0.1, 0.15) is 5.75 Å². The molecule has 0 bridgehead atoms. The monoisotopic (exact) mass is 281 g/mol. The van der Waals surface area contributed by atoms with Gasteiger partial charge in [0, 0.05) is 17.7 Å². The number of hydrogen-bond acceptors (Lipinski definition) is 2. The van der Waals surface area contributed by atoms with E-state index in [2.05, 4.69) is 4.74 Å². The number of rotatable bonds is 3. The maximum atomic E-state index is 12.0. The molecule has 0 amide bonds. The van der Waals surface area contributed by atoms with Gasteiger partial charge in [0.25, 0.3) is 0 Å². The van der Waals surface area contributed by atoms with Crippen molar-refractivity contribution in [3.8, 4) is 5.75 Å². The van der Waals surface area contributed by atoms with Crippen molar-refractivity contribution in [3.05, 3.63) is 65.4 Å². The van der Waals surface area contributed by atoms with E-state index < -0.39 is 6.36 Å². The Morgan fingerprint density at radius 3 is 2.10 bits per heavy atom. The first-order chi connectivity index (χ1) is 9.44. The Hall–Kier alpha value is -2.50. The SMILES string of the molecule is [O-][N+](=Cc1ccccc1)c1ccc(OC(F)(F)F)cc1. The third-order valence-corrected chi connectivity index (χ3v) is 2.39. The lowest BCUT2D eigenvalue weighted by molar-refractivity contribution is -0.354. The summed E-state index contributed by atoms with van der Waals surface area (Å²) < 4.78 is 40.3. The molecule has 3 nitrogen and oxygen atoms in total. The van der Waals surface area contributed by atoms with Gasteiger partial charge in [0.15, 0.2) is 6.21 Å². The highest BCUT2D eigenvalue weighted by atomic mass is 19.4. The quantitative estimate of drug-likeness (QED) is 0.371. The predicted molar refractivity (Wildman–Crippen MR) is 68.0 cm³/mol. The molecule has 0 unspecified atom stereocenters. The topological polar surface area (TPSA) is 35.3 Å². The van der Waals surface area contributed by atoms with Crippen LogP contribution < -0.4 is 4.74 Å². The molecule has 0 saturated heterocycles. The van der Waals surface area contributed by atoms with Gasteiger partial charge >= 0.3 is 6.36 Å². The molecule has 0 spiro atoms. The standard InChI is InChI=1S/C14H10F3NO2/c15-14(16,17)20-13-8-6-12(7-9-13)18(19)10-11-4-2-1-3-5-11/h1-10H. The van der Waals surface area contributed by atoms with Crippen LogP contribution in [-0.2, 0) is 0 Å². The van der Waals surface area contributed by atoms with Crippen molar-refractivity contribution in [1.82, 2.24) is 0 Å². The molecular weight excluding hydrogens is 271 g/mol. The van der Waals surface area contributed by atoms with Crippen LogP contribution >= 0.6 is 0 Å². The van der Waals surface area contributed by atoms with Gasteiger partial charge in [-0.3, -0.25) is 0 Å². The third kappa shape index (κ3) is 4.01. The first-order valence-electron chi connectivity index (χ1n) is 5.66. The van der Waals surface area contributed by atoms with Crippen molar-refractivity contribution in [3.63, 3.8) is 0 Å². The summed E-state index contributed by atoms with van der Waals surface area (Å²) in [7, 11) is 0. The predicted octanol–water partition coefficient (Wildman–Crippen LogP) is 3.85. The fourth-order valence-electron chi connectivity index (χ4n) is 1.54. The second-order valence-electron chi connectivity index (χ2n) is 3.91. The maximum absolute atomic E-state index is 12.0. The highest BCUT2D eigenvalue weighted by Crippen LogP contribution is 2.24. The Bertz CT molecular complexity index is 592. The summed E-state index contributed by atoms with van der Waals surface area (Å²) in [5.41, 5.74) is 0.904. The molecule has 0 fully saturated rings. The van der Waals surface area contributed by atoms with Gasteiger partial charge < -0.3 is 9.94 Å². The van der Waals surface area contributed by atoms with Crippen molar-refractivity contribution < 1.29 is 22.6 Å². The molecular formula is C14H10F3NO2. The summed E-state index contributed by atoms with van der Waals surface area (Å²) in [6.07, 6.45) is -3.41. The average molecular weight is 281 g/mol. The van der Waals surface area contributed by atoms with Gasteiger partial charge in [-0.1, -0.05) is 18.2 Å². The minimum absolute atomic E-state index is 0.211. The molecule has 0 aliphatic rings. The van der Waals surface area contributed by atoms with E-state index in [1.807, 2.05) is 6.07 Å². The van der Waals surface area contributed by atoms with Crippen LogP contribution in [-0.4, -0.2) is 17.3 Å². The number of hydrogen-bond donors (Lipinski definition) is 0. The third-order valence-electron chi connectivity index (χ3n) is 2.39. The number of nitrogens with zero attached hydrogens (tertiary/aromatic N) is 1. The molecule has 0 aliphatic carbocycles. The fraction of sp³-hybridized carbons (Fsp3) is 0.0714. The minimum atomic E-state index is -4.74. The molecule has 0 aromatic heterocycles. The van der Waals surface area contributed by atoms with Gasteiger partial charge in [-0.2, -0.15) is 4.74 Å². The Morgan fingerprint density at radius 1 is 0.950 bits per heavy atom. The van der Waals surface area contributed by atoms with E-state index in [4.69, 9.17) is 0 Å². The van der Waals surface area contributed by atoms with Crippen LogP contribution in [0.15, 0.2) is 54.6 Å². The van der Waals surface area contributed by atoms with Gasteiger partial charge in [-0.15, -0.1) is 13.2 Å². The van der Waals surface area contributed by atoms with Crippen LogP contribution in [0.3, 0.4) is 0 Å². The van der Waals surface area contributed by atoms with Crippen molar-refractivity contribution in [2.75, 3.05) is 0 Å². The van der Waals surface area contributed by atoms with Crippen LogP contribution in [0, 0.1) is 5.21 Å². The van der Waals surface area contributed by atoms with Crippen LogP contribution in [0.5, 0.6) is 5.75 Å². The summed E-state index contributed by atoms with van der Waals surface area (Å²) in [5, 5.41) is 11.8. The Morgan fingerprint density at radius 2 is 1.55 bits per heavy atom. The van der Waals surface area contributed by atoms with E-state index >= 15 is 0 Å². The van der Waals surface area contributed by atoms with E-state index in [0.717, 1.165) is 12.1 Å². The summed E-state index contributed by atoms with van der Waals surface area (Å²) in [4.78, 5) is 0. The number of alkyl halides is 3. The van der Waals surface area contributed by atoms with E-state index in [-0.39, 0.29) is 11.4 Å². The van der Waals surface area contributed by atoms with Gasteiger partial charge in [0.2, 0.25) is 5.69 Å². The van der Waals surface area contributed by atoms with E-state index in [9.17, 15) is 18.4 Å². The van der Waals surface area contributed by atoms with Crippen LogP contribution in [0.25, 0.3) is 0 Å². The van der Waals surface area contributed by atoms with Gasteiger partial charge in [0.05, 0.1) is 0 Å². The Labute approximate surface area is 113 Å². The highest BCUT2D eigenvalue weighted by molar-refractivity contribution is 5.76. The smallest absolute Gasteiger partial charge is 0.573 e. The molecule has 0 radical (unpaired) electrons. The molecule has 0 N–H and O–H groups in total. The van der Waals surface area contributed by atoms with Gasteiger partial charge in [-0.25, -0.2) is 0 Å². The van der Waals surface area contributed by atoms with Crippen molar-refractivity contribution in [2.24, 2.45) is 0 Å². The zero-order chi connectivity index (χ0) is 14.6. The molecule has 0 saturated carbocycles. The molecule has 0 aliphatic heterocycles. The van der Waals surface area contributed by atoms with Crippen molar-refractivity contribution >= 4 is 11.9 Å². The minimum Gasteiger partial charge on any atom is -0.618 e. The molecule has 2 aromatic carbocycles. The lowest BCUT2D eigenvalue weighted by Gasteiger charge is -2.09. The van der Waals surface area contributed by atoms with Crippen molar-refractivity contribution in [1.29, 1.82) is 0 Å². The number of benzene rings is 2. The van der Waals surface area contributed by atoms with Gasteiger partial charge in [-0.05, 0) is 24.3 Å². The van der Waals surface area contributed by atoms with Crippen LogP contribution in [0.2, 0.25) is 0 Å². The lowest BCUT2D eigenvalue weighted by Crippen LogP contribution is -2.17. The summed E-state index contributed by atoms with van der Waals surface area (Å²) in [6, 6.07) is 13.5. The summed E-state index contributed by atoms with van der Waals surface area (Å²) >= 11 is 0. The van der Waals surface area contributed by atoms with E-state index in [1.165, 1.54) is 18.3 Å².